The van der Waals surface area contributed by atoms with Gasteiger partial charge in [-0.25, -0.2) is 0 Å². The van der Waals surface area contributed by atoms with Gasteiger partial charge in [-0.3, -0.25) is 0 Å². The molecular formula is C98H80BN3Si2. The van der Waals surface area contributed by atoms with Crippen LogP contribution < -0.4 is 67.7 Å². The third kappa shape index (κ3) is 10.6. The Hall–Kier alpha value is -11.8. The SMILES string of the molecule is CC(C)(C)c1ccc(-c2cccc(N3c4cc([Si](c5ccccc5)(c5ccccc5)c5ccccc5)ccc4B4c5ccc([Si](c6ccccc6)(c6ccccc6)c6ccccc6)cc5N(c5cccc(-c6ccc(C(C)(C)C)cc6)c5)c5cc(-n6c7ccccc7c7ccccc76)cc3c54)c2)cc1. The highest BCUT2D eigenvalue weighted by Gasteiger charge is 2.49. The van der Waals surface area contributed by atoms with Crippen LogP contribution in [0.15, 0.2) is 376 Å². The van der Waals surface area contributed by atoms with Crippen molar-refractivity contribution in [2.75, 3.05) is 9.80 Å². The zero-order chi connectivity index (χ0) is 70.3. The van der Waals surface area contributed by atoms with Gasteiger partial charge >= 0.3 is 0 Å². The summed E-state index contributed by atoms with van der Waals surface area (Å²) in [4.78, 5) is 5.34. The molecule has 6 heteroatoms. The molecule has 0 saturated carbocycles. The molecule has 0 unspecified atom stereocenters. The van der Waals surface area contributed by atoms with Crippen LogP contribution in [-0.4, -0.2) is 27.4 Å². The zero-order valence-electron chi connectivity index (χ0n) is 59.7. The van der Waals surface area contributed by atoms with E-state index in [1.54, 1.807) is 0 Å². The lowest BCUT2D eigenvalue weighted by Crippen LogP contribution is -2.75. The summed E-state index contributed by atoms with van der Waals surface area (Å²) >= 11 is 0. The highest BCUT2D eigenvalue weighted by atomic mass is 28.3. The number of anilines is 6. The predicted octanol–water partition coefficient (Wildman–Crippen LogP) is 17.6. The van der Waals surface area contributed by atoms with Crippen molar-refractivity contribution in [3.05, 3.63) is 387 Å². The number of benzene rings is 15. The molecule has 2 aliphatic rings. The van der Waals surface area contributed by atoms with Crippen LogP contribution in [0.5, 0.6) is 0 Å². The van der Waals surface area contributed by atoms with Gasteiger partial charge in [-0.15, -0.1) is 0 Å². The quantitative estimate of drug-likeness (QED) is 0.0842. The molecule has 3 heterocycles. The lowest BCUT2D eigenvalue weighted by molar-refractivity contribution is 0.590. The van der Waals surface area contributed by atoms with Crippen molar-refractivity contribution in [3.63, 3.8) is 0 Å². The first-order chi connectivity index (χ1) is 50.8. The molecule has 0 spiro atoms. The molecule has 0 radical (unpaired) electrons. The fourth-order valence-corrected chi connectivity index (χ4v) is 27.0. The Labute approximate surface area is 614 Å². The maximum Gasteiger partial charge on any atom is 0.252 e. The summed E-state index contributed by atoms with van der Waals surface area (Å²) in [6.07, 6.45) is 0. The van der Waals surface area contributed by atoms with E-state index in [2.05, 4.69) is 432 Å². The number of hydrogen-bond acceptors (Lipinski definition) is 2. The van der Waals surface area contributed by atoms with Crippen LogP contribution in [0.4, 0.5) is 34.1 Å². The van der Waals surface area contributed by atoms with Crippen molar-refractivity contribution in [1.29, 1.82) is 0 Å². The molecule has 0 N–H and O–H groups in total. The van der Waals surface area contributed by atoms with E-state index in [9.17, 15) is 0 Å². The molecule has 18 rings (SSSR count). The smallest absolute Gasteiger partial charge is 0.252 e. The van der Waals surface area contributed by atoms with Gasteiger partial charge in [0.25, 0.3) is 6.71 Å². The van der Waals surface area contributed by atoms with Gasteiger partial charge in [0.15, 0.2) is 16.1 Å². The largest absolute Gasteiger partial charge is 0.311 e. The van der Waals surface area contributed by atoms with Gasteiger partial charge in [0.1, 0.15) is 0 Å². The van der Waals surface area contributed by atoms with E-state index in [0.29, 0.717) is 0 Å². The van der Waals surface area contributed by atoms with Crippen molar-refractivity contribution in [1.82, 2.24) is 4.57 Å². The molecule has 104 heavy (non-hydrogen) atoms. The highest BCUT2D eigenvalue weighted by molar-refractivity contribution is 7.20. The van der Waals surface area contributed by atoms with Gasteiger partial charge < -0.3 is 14.4 Å². The number of rotatable bonds is 13. The lowest BCUT2D eigenvalue weighted by Gasteiger charge is -2.46. The lowest BCUT2D eigenvalue weighted by atomic mass is 9.33. The molecule has 1 aromatic heterocycles. The molecule has 0 saturated heterocycles. The van der Waals surface area contributed by atoms with Gasteiger partial charge in [-0.2, -0.15) is 0 Å². The van der Waals surface area contributed by atoms with Gasteiger partial charge in [0, 0.05) is 44.9 Å². The fourth-order valence-electron chi connectivity index (χ4n) is 17.4. The monoisotopic (exact) mass is 1370 g/mol. The molecule has 0 fully saturated rings. The number of aromatic nitrogens is 1. The summed E-state index contributed by atoms with van der Waals surface area (Å²) < 4.78 is 2.54. The van der Waals surface area contributed by atoms with E-state index in [-0.39, 0.29) is 17.5 Å². The van der Waals surface area contributed by atoms with E-state index < -0.39 is 16.1 Å². The van der Waals surface area contributed by atoms with Gasteiger partial charge in [0.05, 0.1) is 16.7 Å². The topological polar surface area (TPSA) is 11.4 Å². The van der Waals surface area contributed by atoms with Crippen LogP contribution in [0, 0.1) is 0 Å². The Bertz CT molecular complexity index is 5320. The normalized spacial score (nSPS) is 12.8. The van der Waals surface area contributed by atoms with Crippen LogP contribution in [0.3, 0.4) is 0 Å². The maximum absolute atomic E-state index is 3.14. The van der Waals surface area contributed by atoms with Crippen LogP contribution in [-0.2, 0) is 10.8 Å². The van der Waals surface area contributed by atoms with Crippen molar-refractivity contribution in [3.8, 4) is 27.9 Å². The first-order valence-corrected chi connectivity index (χ1v) is 40.7. The van der Waals surface area contributed by atoms with E-state index in [4.69, 9.17) is 0 Å². The van der Waals surface area contributed by atoms with Gasteiger partial charge in [-0.05, 0) is 163 Å². The Morgan fingerprint density at radius 2 is 0.558 bits per heavy atom. The van der Waals surface area contributed by atoms with Crippen molar-refractivity contribution >= 4 is 137 Å². The molecule has 3 nitrogen and oxygen atoms in total. The summed E-state index contributed by atoms with van der Waals surface area (Å²) in [7, 11) is -6.29. The minimum Gasteiger partial charge on any atom is -0.311 e. The van der Waals surface area contributed by atoms with Crippen LogP contribution in [0.1, 0.15) is 52.7 Å². The van der Waals surface area contributed by atoms with Crippen LogP contribution in [0.2, 0.25) is 0 Å². The molecule has 498 valence electrons. The second kappa shape index (κ2) is 25.6. The Morgan fingerprint density at radius 1 is 0.240 bits per heavy atom. The average Bonchev–Trinajstić information content (AvgIpc) is 0.885. The number of para-hydroxylation sites is 2. The first-order valence-electron chi connectivity index (χ1n) is 36.7. The van der Waals surface area contributed by atoms with E-state index >= 15 is 0 Å². The average molecular weight is 1370 g/mol. The molecule has 15 aromatic carbocycles. The summed E-state index contributed by atoms with van der Waals surface area (Å²) in [6, 6.07) is 144. The molecule has 0 amide bonds. The molecule has 0 bridgehead atoms. The number of nitrogens with zero attached hydrogens (tertiary/aromatic N) is 3. The summed E-state index contributed by atoms with van der Waals surface area (Å²) in [6.45, 7) is 13.6. The molecule has 2 aliphatic heterocycles. The standard InChI is InChI=1S/C98H80BN3Si2/c1-97(2,3)73-55-51-69(52-56-73)71-31-29-33-75(63-71)100-92-67-84(103(78-35-13-7-14-36-78,79-37-15-8-16-38-79)80-39-17-9-18-40-80)59-61-88(92)99-89-62-60-85(104(81-41-19-10-20-42-81,82-43-21-11-22-44-82)83-45-23-12-24-46-83)68-93(89)101(76-34-30-32-72(64-76)70-53-57-74(58-54-70)98(4,5)6)95-66-77(65-94(100)96(95)99)102-90-49-27-25-47-86(90)87-48-26-28-50-91(87)102/h7-68H,1-6H3. The third-order valence-electron chi connectivity index (χ3n) is 22.4. The number of hydrogen-bond donors (Lipinski definition) is 0. The van der Waals surface area contributed by atoms with E-state index in [1.165, 1.54) is 90.9 Å². The molecule has 0 atom stereocenters. The van der Waals surface area contributed by atoms with E-state index in [1.807, 2.05) is 0 Å². The summed E-state index contributed by atoms with van der Waals surface area (Å²) in [5, 5.41) is 13.0. The molecular weight excluding hydrogens is 1290 g/mol. The molecule has 16 aromatic rings. The van der Waals surface area contributed by atoms with Crippen molar-refractivity contribution < 1.29 is 0 Å². The highest BCUT2D eigenvalue weighted by Crippen LogP contribution is 2.48. The molecule has 0 aliphatic carbocycles. The Morgan fingerprint density at radius 3 is 0.885 bits per heavy atom. The van der Waals surface area contributed by atoms with Gasteiger partial charge in [-0.1, -0.05) is 357 Å². The minimum absolute atomic E-state index is 0.00817. The minimum atomic E-state index is -3.14. The second-order valence-electron chi connectivity index (χ2n) is 30.4. The maximum atomic E-state index is 2.67. The number of fused-ring (bicyclic) bond motifs is 7. The van der Waals surface area contributed by atoms with Crippen molar-refractivity contribution in [2.24, 2.45) is 0 Å². The van der Waals surface area contributed by atoms with E-state index in [0.717, 1.165) is 62.0 Å². The summed E-state index contributed by atoms with van der Waals surface area (Å²) in [5.41, 5.74) is 21.2. The predicted molar refractivity (Wildman–Crippen MR) is 450 cm³/mol. The summed E-state index contributed by atoms with van der Waals surface area (Å²) in [5.74, 6) is 0. The Balaban J connectivity index is 0.994. The van der Waals surface area contributed by atoms with Crippen LogP contribution in [0.25, 0.3) is 49.7 Å². The van der Waals surface area contributed by atoms with Crippen LogP contribution >= 0.6 is 0 Å². The second-order valence-corrected chi connectivity index (χ2v) is 38.0. The van der Waals surface area contributed by atoms with Crippen molar-refractivity contribution in [2.45, 2.75) is 52.4 Å². The first kappa shape index (κ1) is 64.3. The van der Waals surface area contributed by atoms with Gasteiger partial charge in [0.2, 0.25) is 0 Å². The Kier molecular flexibility index (Phi) is 15.8. The zero-order valence-corrected chi connectivity index (χ0v) is 61.7. The fraction of sp³-hybridized carbons (Fsp3) is 0.0816. The third-order valence-corrected chi connectivity index (χ3v) is 31.9.